The summed E-state index contributed by atoms with van der Waals surface area (Å²) in [5, 5.41) is 1.99. The molecule has 2 aromatic carbocycles. The van der Waals surface area contributed by atoms with Crippen molar-refractivity contribution in [3.63, 3.8) is 0 Å². The summed E-state index contributed by atoms with van der Waals surface area (Å²) < 4.78 is 9.35. The summed E-state index contributed by atoms with van der Waals surface area (Å²) in [6, 6.07) is 13.7. The molecule has 7 heteroatoms. The number of hydrogen-bond acceptors (Lipinski definition) is 4. The van der Waals surface area contributed by atoms with Crippen molar-refractivity contribution in [2.24, 2.45) is 0 Å². The van der Waals surface area contributed by atoms with Crippen LogP contribution in [0.1, 0.15) is 16.7 Å². The van der Waals surface area contributed by atoms with Gasteiger partial charge in [-0.25, -0.2) is 9.97 Å². The van der Waals surface area contributed by atoms with Crippen LogP contribution in [0.15, 0.2) is 61.2 Å². The van der Waals surface area contributed by atoms with Gasteiger partial charge in [0.2, 0.25) is 0 Å². The van der Waals surface area contributed by atoms with Gasteiger partial charge in [0.1, 0.15) is 11.1 Å². The molecule has 0 aliphatic carbocycles. The first kappa shape index (κ1) is 17.5. The van der Waals surface area contributed by atoms with Gasteiger partial charge >= 0.3 is 0 Å². The third kappa shape index (κ3) is 3.91. The maximum Gasteiger partial charge on any atom is 0.120 e. The minimum atomic E-state index is -0.189. The number of nitrogens with zero attached hydrogens (tertiary/aromatic N) is 3. The number of rotatable bonds is 6. The molecule has 0 N–H and O–H groups in total. The second-order valence-electron chi connectivity index (χ2n) is 5.81. The lowest BCUT2D eigenvalue weighted by Crippen LogP contribution is -2.12. The van der Waals surface area contributed by atoms with Gasteiger partial charge in [-0.05, 0) is 29.8 Å². The van der Waals surface area contributed by atoms with Gasteiger partial charge in [-0.1, -0.05) is 41.4 Å². The summed E-state index contributed by atoms with van der Waals surface area (Å²) in [6.07, 6.45) is 5.24. The number of benzene rings is 2. The minimum Gasteiger partial charge on any atom is -0.364 e. The third-order valence-corrected chi connectivity index (χ3v) is 5.75. The lowest BCUT2D eigenvalue weighted by atomic mass is 10.1. The normalized spacial score (nSPS) is 12.5. The number of aromatic nitrogens is 3. The maximum atomic E-state index is 6.21. The van der Waals surface area contributed by atoms with Crippen molar-refractivity contribution in [1.29, 1.82) is 0 Å². The molecule has 0 aliphatic rings. The molecule has 2 heterocycles. The van der Waals surface area contributed by atoms with Crippen LogP contribution < -0.4 is 0 Å². The third-order valence-electron chi connectivity index (χ3n) is 4.00. The lowest BCUT2D eigenvalue weighted by Gasteiger charge is -2.19. The SMILES string of the molecule is Clc1ccc(C(Cn2ccnc2)OCc2nc3ccccc3s2)cc1Cl. The Labute approximate surface area is 165 Å². The van der Waals surface area contributed by atoms with E-state index in [0.717, 1.165) is 20.8 Å². The van der Waals surface area contributed by atoms with Crippen molar-refractivity contribution in [1.82, 2.24) is 14.5 Å². The number of hydrogen-bond donors (Lipinski definition) is 0. The van der Waals surface area contributed by atoms with Gasteiger partial charge in [0.05, 0.1) is 39.7 Å². The van der Waals surface area contributed by atoms with E-state index in [1.807, 2.05) is 41.1 Å². The van der Waals surface area contributed by atoms with Crippen LogP contribution in [0.2, 0.25) is 10.0 Å². The molecule has 26 heavy (non-hydrogen) atoms. The molecule has 0 saturated heterocycles. The van der Waals surface area contributed by atoms with Gasteiger partial charge in [-0.15, -0.1) is 11.3 Å². The second-order valence-corrected chi connectivity index (χ2v) is 7.74. The van der Waals surface area contributed by atoms with E-state index in [2.05, 4.69) is 16.0 Å². The van der Waals surface area contributed by atoms with Crippen LogP contribution in [-0.2, 0) is 17.9 Å². The Kier molecular flexibility index (Phi) is 5.22. The van der Waals surface area contributed by atoms with Crippen LogP contribution in [0, 0.1) is 0 Å². The zero-order valence-electron chi connectivity index (χ0n) is 13.7. The van der Waals surface area contributed by atoms with Gasteiger partial charge in [0.15, 0.2) is 0 Å². The summed E-state index contributed by atoms with van der Waals surface area (Å²) in [5.41, 5.74) is 1.96. The van der Waals surface area contributed by atoms with Crippen molar-refractivity contribution >= 4 is 44.8 Å². The molecule has 0 radical (unpaired) electrons. The highest BCUT2D eigenvalue weighted by molar-refractivity contribution is 7.18. The molecule has 4 nitrogen and oxygen atoms in total. The summed E-state index contributed by atoms with van der Waals surface area (Å²) in [4.78, 5) is 8.73. The van der Waals surface area contributed by atoms with Crippen LogP contribution in [0.3, 0.4) is 0 Å². The van der Waals surface area contributed by atoms with E-state index >= 15 is 0 Å². The molecule has 0 spiro atoms. The Hall–Kier alpha value is -1.92. The number of ether oxygens (including phenoxy) is 1. The topological polar surface area (TPSA) is 39.9 Å². The molecule has 4 rings (SSSR count). The average Bonchev–Trinajstić information content (AvgIpc) is 3.30. The van der Waals surface area contributed by atoms with E-state index in [-0.39, 0.29) is 6.10 Å². The molecule has 0 aliphatic heterocycles. The van der Waals surface area contributed by atoms with Gasteiger partial charge in [-0.2, -0.15) is 0 Å². The standard InChI is InChI=1S/C19H15Cl2N3OS/c20-14-6-5-13(9-15(14)21)17(10-24-8-7-22-12-24)25-11-19-23-16-3-1-2-4-18(16)26-19/h1-9,12,17H,10-11H2. The first-order valence-corrected chi connectivity index (χ1v) is 9.63. The van der Waals surface area contributed by atoms with E-state index < -0.39 is 0 Å². The zero-order chi connectivity index (χ0) is 17.9. The molecule has 0 fully saturated rings. The van der Waals surface area contributed by atoms with Gasteiger partial charge < -0.3 is 9.30 Å². The molecular weight excluding hydrogens is 389 g/mol. The highest BCUT2D eigenvalue weighted by Crippen LogP contribution is 2.30. The van der Waals surface area contributed by atoms with Gasteiger partial charge in [0, 0.05) is 12.4 Å². The number of para-hydroxylation sites is 1. The van der Waals surface area contributed by atoms with Crippen molar-refractivity contribution in [3.8, 4) is 0 Å². The van der Waals surface area contributed by atoms with Crippen molar-refractivity contribution < 1.29 is 4.74 Å². The minimum absolute atomic E-state index is 0.189. The highest BCUT2D eigenvalue weighted by atomic mass is 35.5. The first-order chi connectivity index (χ1) is 12.7. The molecule has 0 amide bonds. The van der Waals surface area contributed by atoms with Gasteiger partial charge in [-0.3, -0.25) is 0 Å². The van der Waals surface area contributed by atoms with E-state index in [4.69, 9.17) is 27.9 Å². The molecule has 132 valence electrons. The summed E-state index contributed by atoms with van der Waals surface area (Å²) in [5.74, 6) is 0. The fourth-order valence-electron chi connectivity index (χ4n) is 2.71. The monoisotopic (exact) mass is 403 g/mol. The largest absolute Gasteiger partial charge is 0.364 e. The zero-order valence-corrected chi connectivity index (χ0v) is 16.0. The maximum absolute atomic E-state index is 6.21. The van der Waals surface area contributed by atoms with Crippen LogP contribution in [0.25, 0.3) is 10.2 Å². The Balaban J connectivity index is 1.56. The van der Waals surface area contributed by atoms with E-state index in [0.29, 0.717) is 23.2 Å². The summed E-state index contributed by atoms with van der Waals surface area (Å²) >= 11 is 13.9. The number of imidazole rings is 1. The number of halogens is 2. The Morgan fingerprint density at radius 3 is 2.77 bits per heavy atom. The first-order valence-electron chi connectivity index (χ1n) is 8.06. The summed E-state index contributed by atoms with van der Waals surface area (Å²) in [6.45, 7) is 1.06. The predicted molar refractivity (Wildman–Crippen MR) is 106 cm³/mol. The van der Waals surface area contributed by atoms with E-state index in [9.17, 15) is 0 Å². The number of fused-ring (bicyclic) bond motifs is 1. The van der Waals surface area contributed by atoms with Crippen molar-refractivity contribution in [3.05, 3.63) is 81.8 Å². The average molecular weight is 404 g/mol. The van der Waals surface area contributed by atoms with Gasteiger partial charge in [0.25, 0.3) is 0 Å². The molecule has 0 bridgehead atoms. The van der Waals surface area contributed by atoms with Crippen molar-refractivity contribution in [2.75, 3.05) is 0 Å². The van der Waals surface area contributed by atoms with Crippen molar-refractivity contribution in [2.45, 2.75) is 19.3 Å². The Morgan fingerprint density at radius 2 is 2.00 bits per heavy atom. The fourth-order valence-corrected chi connectivity index (χ4v) is 3.90. The quantitative estimate of drug-likeness (QED) is 0.410. The molecule has 0 saturated carbocycles. The predicted octanol–water partition coefficient (Wildman–Crippen LogP) is 5.76. The molecule has 2 aromatic heterocycles. The Morgan fingerprint density at radius 1 is 1.12 bits per heavy atom. The molecule has 1 unspecified atom stereocenters. The second kappa shape index (κ2) is 7.76. The summed E-state index contributed by atoms with van der Waals surface area (Å²) in [7, 11) is 0. The molecule has 1 atom stereocenters. The highest BCUT2D eigenvalue weighted by Gasteiger charge is 2.16. The fraction of sp³-hybridized carbons (Fsp3) is 0.158. The lowest BCUT2D eigenvalue weighted by molar-refractivity contribution is 0.0279. The van der Waals surface area contributed by atoms with E-state index in [1.165, 1.54) is 0 Å². The number of thiazole rings is 1. The Bertz CT molecular complexity index is 984. The van der Waals surface area contributed by atoms with Crippen LogP contribution in [0.4, 0.5) is 0 Å². The van der Waals surface area contributed by atoms with Crippen LogP contribution in [0.5, 0.6) is 0 Å². The molecular formula is C19H15Cl2N3OS. The smallest absolute Gasteiger partial charge is 0.120 e. The van der Waals surface area contributed by atoms with Crippen LogP contribution >= 0.6 is 34.5 Å². The van der Waals surface area contributed by atoms with Crippen LogP contribution in [-0.4, -0.2) is 14.5 Å². The molecule has 4 aromatic rings. The van der Waals surface area contributed by atoms with E-state index in [1.54, 1.807) is 29.9 Å².